The fourth-order valence-electron chi connectivity index (χ4n) is 4.77. The lowest BCUT2D eigenvalue weighted by Crippen LogP contribution is -2.42. The molecule has 1 fully saturated rings. The first-order valence-corrected chi connectivity index (χ1v) is 7.31. The van der Waals surface area contributed by atoms with Gasteiger partial charge in [-0.3, -0.25) is 0 Å². The molecule has 16 heavy (non-hydrogen) atoms. The SMILES string of the molecule is C[C@@H]1CC[C@H]2C3=C(CCC3)CC[C@@H]2C1(C)C. The summed E-state index contributed by atoms with van der Waals surface area (Å²) < 4.78 is 0. The highest BCUT2D eigenvalue weighted by atomic mass is 14.5. The molecule has 0 nitrogen and oxygen atoms in total. The predicted octanol–water partition coefficient (Wildman–Crippen LogP) is 4.95. The van der Waals surface area contributed by atoms with Crippen LogP contribution in [0.15, 0.2) is 11.1 Å². The molecule has 0 saturated heterocycles. The molecule has 0 aliphatic heterocycles. The first kappa shape index (κ1) is 10.9. The van der Waals surface area contributed by atoms with Crippen LogP contribution in [-0.4, -0.2) is 0 Å². The van der Waals surface area contributed by atoms with Gasteiger partial charge >= 0.3 is 0 Å². The zero-order valence-electron chi connectivity index (χ0n) is 11.2. The highest BCUT2D eigenvalue weighted by molar-refractivity contribution is 5.27. The summed E-state index contributed by atoms with van der Waals surface area (Å²) in [5.74, 6) is 2.91. The molecule has 0 heterocycles. The van der Waals surface area contributed by atoms with Gasteiger partial charge < -0.3 is 0 Å². The summed E-state index contributed by atoms with van der Waals surface area (Å²) in [5.41, 5.74) is 4.40. The number of hydrogen-bond acceptors (Lipinski definition) is 0. The molecule has 0 amide bonds. The van der Waals surface area contributed by atoms with Crippen LogP contribution in [0.4, 0.5) is 0 Å². The van der Waals surface area contributed by atoms with Gasteiger partial charge in [0.25, 0.3) is 0 Å². The number of rotatable bonds is 0. The van der Waals surface area contributed by atoms with Crippen LogP contribution in [0.25, 0.3) is 0 Å². The Labute approximate surface area is 101 Å². The second-order valence-corrected chi connectivity index (χ2v) is 7.03. The van der Waals surface area contributed by atoms with Crippen LogP contribution in [0.2, 0.25) is 0 Å². The zero-order chi connectivity index (χ0) is 11.3. The van der Waals surface area contributed by atoms with E-state index in [2.05, 4.69) is 20.8 Å². The molecule has 3 aliphatic rings. The summed E-state index contributed by atoms with van der Waals surface area (Å²) in [7, 11) is 0. The molecule has 1 saturated carbocycles. The third-order valence-electron chi connectivity index (χ3n) is 6.21. The largest absolute Gasteiger partial charge is 0.0707 e. The van der Waals surface area contributed by atoms with Crippen LogP contribution in [-0.2, 0) is 0 Å². The van der Waals surface area contributed by atoms with Crippen LogP contribution in [0.5, 0.6) is 0 Å². The van der Waals surface area contributed by atoms with Crippen molar-refractivity contribution in [1.82, 2.24) is 0 Å². The van der Waals surface area contributed by atoms with Crippen molar-refractivity contribution in [2.75, 3.05) is 0 Å². The highest BCUT2D eigenvalue weighted by Crippen LogP contribution is 2.57. The van der Waals surface area contributed by atoms with Gasteiger partial charge in [0.15, 0.2) is 0 Å². The van der Waals surface area contributed by atoms with E-state index in [-0.39, 0.29) is 0 Å². The molecule has 3 rings (SSSR count). The minimum atomic E-state index is 0.587. The Morgan fingerprint density at radius 1 is 1.00 bits per heavy atom. The second kappa shape index (κ2) is 3.62. The molecule has 0 bridgehead atoms. The van der Waals surface area contributed by atoms with Crippen molar-refractivity contribution in [3.63, 3.8) is 0 Å². The van der Waals surface area contributed by atoms with E-state index in [1.54, 1.807) is 0 Å². The Morgan fingerprint density at radius 3 is 2.62 bits per heavy atom. The van der Waals surface area contributed by atoms with E-state index >= 15 is 0 Å². The van der Waals surface area contributed by atoms with Crippen molar-refractivity contribution in [3.8, 4) is 0 Å². The fraction of sp³-hybridized carbons (Fsp3) is 0.875. The quantitative estimate of drug-likeness (QED) is 0.505. The van der Waals surface area contributed by atoms with E-state index in [0.29, 0.717) is 5.41 Å². The van der Waals surface area contributed by atoms with Gasteiger partial charge in [0, 0.05) is 0 Å². The smallest absolute Gasteiger partial charge is 0.0167 e. The molecule has 0 spiro atoms. The molecule has 0 aromatic carbocycles. The van der Waals surface area contributed by atoms with Gasteiger partial charge in [0.05, 0.1) is 0 Å². The normalized spacial score (nSPS) is 41.8. The maximum absolute atomic E-state index is 2.54. The molecule has 0 aromatic rings. The minimum absolute atomic E-state index is 0.587. The van der Waals surface area contributed by atoms with Gasteiger partial charge in [-0.25, -0.2) is 0 Å². The molecule has 0 aromatic heterocycles. The van der Waals surface area contributed by atoms with Gasteiger partial charge in [-0.05, 0) is 68.1 Å². The molecular formula is C16H26. The van der Waals surface area contributed by atoms with E-state index in [1.807, 2.05) is 11.1 Å². The summed E-state index contributed by atoms with van der Waals surface area (Å²) in [6.07, 6.45) is 10.2. The maximum atomic E-state index is 2.54. The lowest BCUT2D eigenvalue weighted by atomic mass is 9.54. The topological polar surface area (TPSA) is 0 Å². The van der Waals surface area contributed by atoms with Crippen LogP contribution in [0.1, 0.15) is 65.7 Å². The van der Waals surface area contributed by atoms with Crippen LogP contribution in [0.3, 0.4) is 0 Å². The molecular weight excluding hydrogens is 192 g/mol. The summed E-state index contributed by atoms with van der Waals surface area (Å²) in [6.45, 7) is 7.55. The van der Waals surface area contributed by atoms with Crippen LogP contribution < -0.4 is 0 Å². The monoisotopic (exact) mass is 218 g/mol. The lowest BCUT2D eigenvalue weighted by Gasteiger charge is -2.51. The van der Waals surface area contributed by atoms with E-state index < -0.39 is 0 Å². The average Bonchev–Trinajstić information content (AvgIpc) is 2.71. The molecule has 0 unspecified atom stereocenters. The third-order valence-corrected chi connectivity index (χ3v) is 6.21. The highest BCUT2D eigenvalue weighted by Gasteiger charge is 2.46. The summed E-state index contributed by atoms with van der Waals surface area (Å²) >= 11 is 0. The number of allylic oxidation sites excluding steroid dienone is 2. The van der Waals surface area contributed by atoms with Gasteiger partial charge in [-0.1, -0.05) is 31.9 Å². The van der Waals surface area contributed by atoms with E-state index in [1.165, 1.54) is 44.9 Å². The standard InChI is InChI=1S/C16H26/c1-11-7-9-14-13-6-4-5-12(13)8-10-15(14)16(11,2)3/h11,14-15H,4-10H2,1-3H3/t11-,14+,15+/m1/s1. The van der Waals surface area contributed by atoms with Crippen molar-refractivity contribution >= 4 is 0 Å². The van der Waals surface area contributed by atoms with E-state index in [9.17, 15) is 0 Å². The second-order valence-electron chi connectivity index (χ2n) is 7.03. The van der Waals surface area contributed by atoms with E-state index in [4.69, 9.17) is 0 Å². The van der Waals surface area contributed by atoms with Crippen molar-refractivity contribution in [2.45, 2.75) is 65.7 Å². The van der Waals surface area contributed by atoms with Crippen LogP contribution in [0, 0.1) is 23.2 Å². The minimum Gasteiger partial charge on any atom is -0.0707 e. The maximum Gasteiger partial charge on any atom is -0.0167 e. The Morgan fingerprint density at radius 2 is 1.81 bits per heavy atom. The Hall–Kier alpha value is -0.260. The predicted molar refractivity (Wildman–Crippen MR) is 69.3 cm³/mol. The number of fused-ring (bicyclic) bond motifs is 2. The number of hydrogen-bond donors (Lipinski definition) is 0. The van der Waals surface area contributed by atoms with Gasteiger partial charge in [0.2, 0.25) is 0 Å². The van der Waals surface area contributed by atoms with Gasteiger partial charge in [-0.15, -0.1) is 0 Å². The Kier molecular flexibility index (Phi) is 2.46. The Bertz CT molecular complexity index is 321. The van der Waals surface area contributed by atoms with Crippen molar-refractivity contribution in [3.05, 3.63) is 11.1 Å². The van der Waals surface area contributed by atoms with E-state index in [0.717, 1.165) is 17.8 Å². The summed E-state index contributed by atoms with van der Waals surface area (Å²) in [5, 5.41) is 0. The molecule has 0 N–H and O–H groups in total. The Balaban J connectivity index is 1.92. The molecule has 0 heteroatoms. The first-order chi connectivity index (χ1) is 7.60. The average molecular weight is 218 g/mol. The summed E-state index contributed by atoms with van der Waals surface area (Å²) in [4.78, 5) is 0. The van der Waals surface area contributed by atoms with Crippen molar-refractivity contribution in [2.24, 2.45) is 23.2 Å². The van der Waals surface area contributed by atoms with Crippen molar-refractivity contribution in [1.29, 1.82) is 0 Å². The molecule has 90 valence electrons. The zero-order valence-corrected chi connectivity index (χ0v) is 11.2. The molecule has 0 radical (unpaired) electrons. The molecule has 3 aliphatic carbocycles. The van der Waals surface area contributed by atoms with Gasteiger partial charge in [0.1, 0.15) is 0 Å². The first-order valence-electron chi connectivity index (χ1n) is 7.31. The van der Waals surface area contributed by atoms with Gasteiger partial charge in [-0.2, -0.15) is 0 Å². The lowest BCUT2D eigenvalue weighted by molar-refractivity contribution is 0.0235. The van der Waals surface area contributed by atoms with Crippen LogP contribution >= 0.6 is 0 Å². The fourth-order valence-corrected chi connectivity index (χ4v) is 4.77. The molecule has 3 atom stereocenters. The third kappa shape index (κ3) is 1.41. The van der Waals surface area contributed by atoms with Crippen molar-refractivity contribution < 1.29 is 0 Å². The summed E-state index contributed by atoms with van der Waals surface area (Å²) in [6, 6.07) is 0.